The molecule has 0 aliphatic rings. The number of aromatic nitrogens is 3. The number of benzene rings is 2. The third-order valence-electron chi connectivity index (χ3n) is 6.53. The topological polar surface area (TPSA) is 104 Å². The first-order valence-electron chi connectivity index (χ1n) is 13.0. The number of nitriles is 1. The Labute approximate surface area is 236 Å². The molecule has 3 aromatic heterocycles. The van der Waals surface area contributed by atoms with Gasteiger partial charge in [0, 0.05) is 48.5 Å². The van der Waals surface area contributed by atoms with Crippen LogP contribution < -0.4 is 10.2 Å². The molecule has 0 bridgehead atoms. The molecule has 1 N–H and O–H groups in total. The van der Waals surface area contributed by atoms with Crippen molar-refractivity contribution in [2.45, 2.75) is 39.4 Å². The summed E-state index contributed by atoms with van der Waals surface area (Å²) in [6.45, 7) is 3.34. The lowest BCUT2D eigenvalue weighted by Crippen LogP contribution is -2.31. The minimum atomic E-state index is -0.141. The van der Waals surface area contributed by atoms with Crippen LogP contribution in [0.1, 0.15) is 51.8 Å². The lowest BCUT2D eigenvalue weighted by molar-refractivity contribution is -0.118. The SMILES string of the molecule is CCCC(=O)N(Cc1cncn1Cc1ccc(C#N)cc1)c1ccc2sc(C(=O)NCc3cccnc3)cc2c1. The molecule has 200 valence electrons. The highest BCUT2D eigenvalue weighted by molar-refractivity contribution is 7.20. The Kier molecular flexibility index (Phi) is 8.28. The zero-order valence-electron chi connectivity index (χ0n) is 22.1. The summed E-state index contributed by atoms with van der Waals surface area (Å²) >= 11 is 1.43. The Balaban J connectivity index is 1.36. The standard InChI is InChI=1S/C31H28N6O2S/c1-2-4-30(38)37(20-27-18-34-21-36(27)19-23-8-6-22(15-32)7-9-23)26-10-11-28-25(13-26)14-29(40-28)31(39)35-17-24-5-3-12-33-16-24/h3,5-14,16,18,21H,2,4,17,19-20H2,1H3,(H,35,39). The zero-order chi connectivity index (χ0) is 27.9. The average molecular weight is 549 g/mol. The first kappa shape index (κ1) is 26.8. The molecule has 5 aromatic rings. The van der Waals surface area contributed by atoms with E-state index < -0.39 is 0 Å². The molecule has 0 atom stereocenters. The van der Waals surface area contributed by atoms with E-state index in [1.54, 1.807) is 42.0 Å². The van der Waals surface area contributed by atoms with Gasteiger partial charge in [-0.05, 0) is 65.4 Å². The molecule has 40 heavy (non-hydrogen) atoms. The minimum absolute atomic E-state index is 0.0256. The Morgan fingerprint density at radius 3 is 2.65 bits per heavy atom. The molecule has 0 aliphatic heterocycles. The number of amides is 2. The summed E-state index contributed by atoms with van der Waals surface area (Å²) in [4.78, 5) is 36.9. The molecule has 0 radical (unpaired) electrons. The van der Waals surface area contributed by atoms with Gasteiger partial charge in [-0.1, -0.05) is 25.1 Å². The molecule has 0 unspecified atom stereocenters. The maximum Gasteiger partial charge on any atom is 0.261 e. The fraction of sp³-hybridized carbons (Fsp3) is 0.194. The predicted molar refractivity (Wildman–Crippen MR) is 156 cm³/mol. The van der Waals surface area contributed by atoms with Crippen LogP contribution in [0.25, 0.3) is 10.1 Å². The number of hydrogen-bond donors (Lipinski definition) is 1. The molecule has 3 heterocycles. The molecule has 9 heteroatoms. The number of nitrogens with zero attached hydrogens (tertiary/aromatic N) is 5. The van der Waals surface area contributed by atoms with Gasteiger partial charge < -0.3 is 14.8 Å². The van der Waals surface area contributed by atoms with Gasteiger partial charge in [0.25, 0.3) is 5.91 Å². The van der Waals surface area contributed by atoms with Crippen molar-refractivity contribution in [2.75, 3.05) is 4.90 Å². The highest BCUT2D eigenvalue weighted by atomic mass is 32.1. The highest BCUT2D eigenvalue weighted by Gasteiger charge is 2.19. The van der Waals surface area contributed by atoms with Gasteiger partial charge in [-0.15, -0.1) is 11.3 Å². The van der Waals surface area contributed by atoms with Crippen molar-refractivity contribution in [1.29, 1.82) is 5.26 Å². The van der Waals surface area contributed by atoms with Crippen LogP contribution >= 0.6 is 11.3 Å². The molecule has 0 saturated heterocycles. The van der Waals surface area contributed by atoms with E-state index in [-0.39, 0.29) is 11.8 Å². The Bertz CT molecular complexity index is 1670. The van der Waals surface area contributed by atoms with E-state index in [0.29, 0.717) is 36.5 Å². The minimum Gasteiger partial charge on any atom is -0.347 e. The van der Waals surface area contributed by atoms with E-state index in [1.165, 1.54) is 11.3 Å². The number of fused-ring (bicyclic) bond motifs is 1. The van der Waals surface area contributed by atoms with Gasteiger partial charge in [0.05, 0.1) is 35.1 Å². The Morgan fingerprint density at radius 1 is 1.05 bits per heavy atom. The zero-order valence-corrected chi connectivity index (χ0v) is 22.9. The number of thiophene rings is 1. The van der Waals surface area contributed by atoms with Crippen molar-refractivity contribution < 1.29 is 9.59 Å². The number of rotatable bonds is 10. The monoisotopic (exact) mass is 548 g/mol. The van der Waals surface area contributed by atoms with Crippen LogP contribution in [0, 0.1) is 11.3 Å². The maximum atomic E-state index is 13.3. The second-order valence-corrected chi connectivity index (χ2v) is 10.5. The fourth-order valence-corrected chi connectivity index (χ4v) is 5.38. The number of hydrogen-bond acceptors (Lipinski definition) is 6. The second kappa shape index (κ2) is 12.4. The van der Waals surface area contributed by atoms with Gasteiger partial charge >= 0.3 is 0 Å². The normalized spacial score (nSPS) is 10.8. The predicted octanol–water partition coefficient (Wildman–Crippen LogP) is 5.68. The largest absolute Gasteiger partial charge is 0.347 e. The van der Waals surface area contributed by atoms with Gasteiger partial charge in [0.15, 0.2) is 0 Å². The van der Waals surface area contributed by atoms with E-state index in [0.717, 1.165) is 39.0 Å². The van der Waals surface area contributed by atoms with Gasteiger partial charge in [-0.3, -0.25) is 14.6 Å². The lowest BCUT2D eigenvalue weighted by atomic mass is 10.1. The van der Waals surface area contributed by atoms with Crippen LogP contribution in [0.5, 0.6) is 0 Å². The van der Waals surface area contributed by atoms with Crippen molar-refractivity contribution in [2.24, 2.45) is 0 Å². The molecule has 8 nitrogen and oxygen atoms in total. The molecule has 5 rings (SSSR count). The first-order valence-corrected chi connectivity index (χ1v) is 13.8. The van der Waals surface area contributed by atoms with Crippen LogP contribution in [0.4, 0.5) is 5.69 Å². The van der Waals surface area contributed by atoms with Gasteiger partial charge in [0.1, 0.15) is 0 Å². The summed E-state index contributed by atoms with van der Waals surface area (Å²) in [7, 11) is 0. The Morgan fingerprint density at radius 2 is 1.90 bits per heavy atom. The summed E-state index contributed by atoms with van der Waals surface area (Å²) in [6, 6.07) is 21.1. The molecule has 0 spiro atoms. The number of pyridine rings is 1. The summed E-state index contributed by atoms with van der Waals surface area (Å²) in [5.41, 5.74) is 4.26. The Hall–Kier alpha value is -4.81. The molecule has 2 aromatic carbocycles. The third-order valence-corrected chi connectivity index (χ3v) is 7.65. The molecule has 2 amide bonds. The van der Waals surface area contributed by atoms with Crippen molar-refractivity contribution >= 4 is 38.9 Å². The number of carbonyl (C=O) groups is 2. The maximum absolute atomic E-state index is 13.3. The summed E-state index contributed by atoms with van der Waals surface area (Å²) in [6.07, 6.45) is 8.13. The fourth-order valence-electron chi connectivity index (χ4n) is 4.42. The number of anilines is 1. The summed E-state index contributed by atoms with van der Waals surface area (Å²) < 4.78 is 2.99. The van der Waals surface area contributed by atoms with Crippen LogP contribution in [0.3, 0.4) is 0 Å². The highest BCUT2D eigenvalue weighted by Crippen LogP contribution is 2.31. The van der Waals surface area contributed by atoms with Gasteiger partial charge in [-0.2, -0.15) is 5.26 Å². The summed E-state index contributed by atoms with van der Waals surface area (Å²) in [5, 5.41) is 12.9. The number of imidazole rings is 1. The van der Waals surface area contributed by atoms with E-state index >= 15 is 0 Å². The second-order valence-electron chi connectivity index (χ2n) is 9.43. The van der Waals surface area contributed by atoms with Gasteiger partial charge in [0.2, 0.25) is 5.91 Å². The lowest BCUT2D eigenvalue weighted by Gasteiger charge is -2.23. The van der Waals surface area contributed by atoms with Crippen LogP contribution in [-0.2, 0) is 24.4 Å². The van der Waals surface area contributed by atoms with Crippen molar-refractivity contribution in [3.63, 3.8) is 0 Å². The number of carbonyl (C=O) groups excluding carboxylic acids is 2. The van der Waals surface area contributed by atoms with Crippen LogP contribution in [0.2, 0.25) is 0 Å². The third kappa shape index (κ3) is 6.25. The first-order chi connectivity index (χ1) is 19.5. The van der Waals surface area contributed by atoms with E-state index in [2.05, 4.69) is 21.4 Å². The van der Waals surface area contributed by atoms with E-state index in [9.17, 15) is 9.59 Å². The number of nitrogens with one attached hydrogen (secondary N) is 1. The smallest absolute Gasteiger partial charge is 0.261 e. The molecule has 0 fully saturated rings. The summed E-state index contributed by atoms with van der Waals surface area (Å²) in [5.74, 6) is -0.116. The molecule has 0 aliphatic carbocycles. The van der Waals surface area contributed by atoms with E-state index in [4.69, 9.17) is 5.26 Å². The van der Waals surface area contributed by atoms with Crippen LogP contribution in [-0.4, -0.2) is 26.3 Å². The average Bonchev–Trinajstić information content (AvgIpc) is 3.62. The van der Waals surface area contributed by atoms with Crippen molar-refractivity contribution in [3.8, 4) is 6.07 Å². The van der Waals surface area contributed by atoms with Crippen molar-refractivity contribution in [1.82, 2.24) is 19.9 Å². The molecular weight excluding hydrogens is 520 g/mol. The van der Waals surface area contributed by atoms with Crippen LogP contribution in [0.15, 0.2) is 85.6 Å². The molecular formula is C31H28N6O2S. The quantitative estimate of drug-likeness (QED) is 0.242. The van der Waals surface area contributed by atoms with E-state index in [1.807, 2.05) is 60.0 Å². The van der Waals surface area contributed by atoms with Gasteiger partial charge in [-0.25, -0.2) is 4.98 Å². The van der Waals surface area contributed by atoms with Crippen molar-refractivity contribution in [3.05, 3.63) is 113 Å². The molecule has 0 saturated carbocycles.